The maximum absolute atomic E-state index is 13.5. The van der Waals surface area contributed by atoms with Gasteiger partial charge in [-0.15, -0.1) is 0 Å². The number of aryl methyl sites for hydroxylation is 2. The molecule has 10 nitrogen and oxygen atoms in total. The third-order valence-electron chi connectivity index (χ3n) is 7.56. The van der Waals surface area contributed by atoms with Crippen LogP contribution in [0.15, 0.2) is 60.7 Å². The van der Waals surface area contributed by atoms with Crippen molar-refractivity contribution in [3.63, 3.8) is 0 Å². The van der Waals surface area contributed by atoms with E-state index in [4.69, 9.17) is 0 Å². The third kappa shape index (κ3) is 10.3. The second-order valence-electron chi connectivity index (χ2n) is 10.5. The van der Waals surface area contributed by atoms with Gasteiger partial charge in [0.2, 0.25) is 5.91 Å². The first-order valence-corrected chi connectivity index (χ1v) is 14.3. The Kier molecular flexibility index (Phi) is 12.8. The predicted molar refractivity (Wildman–Crippen MR) is 154 cm³/mol. The molecule has 1 aliphatic heterocycles. The average Bonchev–Trinajstić information content (AvgIpc) is 3.46. The normalized spacial score (nSPS) is 17.1. The Labute approximate surface area is 240 Å². The molecule has 1 fully saturated rings. The van der Waals surface area contributed by atoms with Crippen LogP contribution in [0.3, 0.4) is 0 Å². The number of hydrogen-bond donors (Lipinski definition) is 5. The minimum Gasteiger partial charge on any atom is -0.480 e. The van der Waals surface area contributed by atoms with Gasteiger partial charge >= 0.3 is 17.9 Å². The molecule has 2 aromatic carbocycles. The van der Waals surface area contributed by atoms with E-state index in [0.29, 0.717) is 64.5 Å². The average molecular weight is 568 g/mol. The number of rotatable bonds is 18. The molecule has 4 atom stereocenters. The number of benzene rings is 2. The van der Waals surface area contributed by atoms with E-state index in [1.54, 1.807) is 0 Å². The monoisotopic (exact) mass is 567 g/mol. The number of nitrogens with one attached hydrogen (secondary N) is 2. The number of carboxylic acid groups (broad SMARTS) is 3. The smallest absolute Gasteiger partial charge is 0.326 e. The quantitative estimate of drug-likeness (QED) is 0.171. The van der Waals surface area contributed by atoms with E-state index in [9.17, 15) is 34.5 Å². The van der Waals surface area contributed by atoms with Crippen molar-refractivity contribution in [2.24, 2.45) is 0 Å². The number of likely N-dealkylation sites (tertiary alicyclic amines) is 1. The zero-order chi connectivity index (χ0) is 29.6. The van der Waals surface area contributed by atoms with Crippen molar-refractivity contribution in [3.8, 4) is 0 Å². The van der Waals surface area contributed by atoms with E-state index in [-0.39, 0.29) is 6.42 Å². The molecular weight excluding hydrogens is 526 g/mol. The van der Waals surface area contributed by atoms with Crippen LogP contribution in [0.2, 0.25) is 0 Å². The highest BCUT2D eigenvalue weighted by molar-refractivity contribution is 5.88. The lowest BCUT2D eigenvalue weighted by atomic mass is 10.0. The number of unbranched alkanes of at least 4 members (excludes halogenated alkanes) is 1. The highest BCUT2D eigenvalue weighted by Crippen LogP contribution is 2.20. The Bertz CT molecular complexity index is 1130. The van der Waals surface area contributed by atoms with Crippen LogP contribution in [0.25, 0.3) is 0 Å². The van der Waals surface area contributed by atoms with Crippen molar-refractivity contribution in [1.29, 1.82) is 0 Å². The minimum absolute atomic E-state index is 0.273. The van der Waals surface area contributed by atoms with Crippen LogP contribution in [-0.4, -0.2) is 81.3 Å². The number of nitrogens with zero attached hydrogens (tertiary/aromatic N) is 1. The van der Waals surface area contributed by atoms with Gasteiger partial charge in [0.15, 0.2) is 0 Å². The molecule has 0 radical (unpaired) electrons. The van der Waals surface area contributed by atoms with Gasteiger partial charge in [-0.25, -0.2) is 4.79 Å². The standard InChI is InChI=1S/C31H41N3O7/c35-28(34-21-9-15-27(34)31(40)41)24(33-26(30(38)39)19-17-23-12-5-2-6-13-23)14-7-8-20-32-25(29(36)37)18-16-22-10-3-1-4-11-22/h1-6,10-13,24-27,32-33H,7-9,14-21H2,(H,36,37)(H,38,39)(H,40,41)/t24-,25-,26-,27-/m0/s1. The molecule has 1 aliphatic rings. The lowest BCUT2D eigenvalue weighted by Gasteiger charge is -2.29. The Balaban J connectivity index is 1.58. The summed E-state index contributed by atoms with van der Waals surface area (Å²) in [5.74, 6) is -3.46. The summed E-state index contributed by atoms with van der Waals surface area (Å²) in [5, 5.41) is 35.2. The minimum atomic E-state index is -1.07. The van der Waals surface area contributed by atoms with E-state index >= 15 is 0 Å². The molecule has 10 heteroatoms. The zero-order valence-electron chi connectivity index (χ0n) is 23.3. The molecule has 0 aliphatic carbocycles. The topological polar surface area (TPSA) is 156 Å². The molecule has 41 heavy (non-hydrogen) atoms. The summed E-state index contributed by atoms with van der Waals surface area (Å²) in [7, 11) is 0. The lowest BCUT2D eigenvalue weighted by molar-refractivity contribution is -0.149. The highest BCUT2D eigenvalue weighted by atomic mass is 16.4. The first-order chi connectivity index (χ1) is 19.8. The van der Waals surface area contributed by atoms with Gasteiger partial charge in [0.05, 0.1) is 6.04 Å². The fourth-order valence-corrected chi connectivity index (χ4v) is 5.26. The van der Waals surface area contributed by atoms with Crippen LogP contribution < -0.4 is 10.6 Å². The first-order valence-electron chi connectivity index (χ1n) is 14.3. The van der Waals surface area contributed by atoms with Gasteiger partial charge in [-0.05, 0) is 69.0 Å². The molecule has 222 valence electrons. The number of aliphatic carboxylic acids is 3. The maximum Gasteiger partial charge on any atom is 0.326 e. The van der Waals surface area contributed by atoms with E-state index in [1.807, 2.05) is 60.7 Å². The summed E-state index contributed by atoms with van der Waals surface area (Å²) in [6.07, 6.45) is 4.21. The van der Waals surface area contributed by atoms with Gasteiger partial charge in [-0.2, -0.15) is 0 Å². The summed E-state index contributed by atoms with van der Waals surface area (Å²) >= 11 is 0. The molecule has 0 saturated carbocycles. The van der Waals surface area contributed by atoms with Crippen LogP contribution in [0.1, 0.15) is 56.1 Å². The summed E-state index contributed by atoms with van der Waals surface area (Å²) in [5.41, 5.74) is 2.05. The van der Waals surface area contributed by atoms with Crippen molar-refractivity contribution in [2.45, 2.75) is 82.0 Å². The maximum atomic E-state index is 13.5. The molecule has 3 rings (SSSR count). The fourth-order valence-electron chi connectivity index (χ4n) is 5.26. The summed E-state index contributed by atoms with van der Waals surface area (Å²) in [6, 6.07) is 15.7. The molecule has 0 bridgehead atoms. The highest BCUT2D eigenvalue weighted by Gasteiger charge is 2.38. The molecule has 5 N–H and O–H groups in total. The lowest BCUT2D eigenvalue weighted by Crippen LogP contribution is -2.54. The largest absolute Gasteiger partial charge is 0.480 e. The molecule has 0 spiro atoms. The molecular formula is C31H41N3O7. The molecule has 0 unspecified atom stereocenters. The van der Waals surface area contributed by atoms with Crippen LogP contribution >= 0.6 is 0 Å². The summed E-state index contributed by atoms with van der Waals surface area (Å²) in [4.78, 5) is 50.4. The van der Waals surface area contributed by atoms with E-state index < -0.39 is 48.0 Å². The van der Waals surface area contributed by atoms with Crippen LogP contribution in [0, 0.1) is 0 Å². The van der Waals surface area contributed by atoms with Crippen molar-refractivity contribution in [3.05, 3.63) is 71.8 Å². The van der Waals surface area contributed by atoms with Crippen molar-refractivity contribution >= 4 is 23.8 Å². The Morgan fingerprint density at radius 3 is 1.85 bits per heavy atom. The Morgan fingerprint density at radius 2 is 1.32 bits per heavy atom. The van der Waals surface area contributed by atoms with Gasteiger partial charge in [0.25, 0.3) is 0 Å². The van der Waals surface area contributed by atoms with Gasteiger partial charge in [-0.1, -0.05) is 67.1 Å². The van der Waals surface area contributed by atoms with E-state index in [0.717, 1.165) is 11.1 Å². The number of carbonyl (C=O) groups excluding carboxylic acids is 1. The second kappa shape index (κ2) is 16.5. The molecule has 0 aromatic heterocycles. The van der Waals surface area contributed by atoms with Crippen LogP contribution in [-0.2, 0) is 32.0 Å². The molecule has 1 amide bonds. The van der Waals surface area contributed by atoms with Crippen molar-refractivity contribution < 1.29 is 34.5 Å². The van der Waals surface area contributed by atoms with Crippen LogP contribution in [0.4, 0.5) is 0 Å². The van der Waals surface area contributed by atoms with Crippen molar-refractivity contribution in [1.82, 2.24) is 15.5 Å². The van der Waals surface area contributed by atoms with Crippen molar-refractivity contribution in [2.75, 3.05) is 13.1 Å². The van der Waals surface area contributed by atoms with Gasteiger partial charge in [0, 0.05) is 6.54 Å². The van der Waals surface area contributed by atoms with Crippen LogP contribution in [0.5, 0.6) is 0 Å². The van der Waals surface area contributed by atoms with Gasteiger partial charge in [0.1, 0.15) is 18.1 Å². The Morgan fingerprint density at radius 1 is 0.756 bits per heavy atom. The number of carbonyl (C=O) groups is 4. The third-order valence-corrected chi connectivity index (χ3v) is 7.56. The van der Waals surface area contributed by atoms with E-state index in [1.165, 1.54) is 4.90 Å². The summed E-state index contributed by atoms with van der Waals surface area (Å²) < 4.78 is 0. The van der Waals surface area contributed by atoms with Gasteiger partial charge < -0.3 is 25.5 Å². The number of hydrogen-bond acceptors (Lipinski definition) is 6. The number of amides is 1. The second-order valence-corrected chi connectivity index (χ2v) is 10.5. The SMILES string of the molecule is O=C(O)[C@H](CCc1ccccc1)NCCCC[C@H](N[C@@H](CCc1ccccc1)C(=O)O)C(=O)N1CCC[C@H]1C(=O)O. The first kappa shape index (κ1) is 31.8. The zero-order valence-corrected chi connectivity index (χ0v) is 23.3. The van der Waals surface area contributed by atoms with Gasteiger partial charge in [-0.3, -0.25) is 19.7 Å². The molecule has 2 aromatic rings. The molecule has 1 saturated heterocycles. The molecule has 1 heterocycles. The summed E-state index contributed by atoms with van der Waals surface area (Å²) in [6.45, 7) is 0.740. The number of carboxylic acids is 3. The van der Waals surface area contributed by atoms with E-state index in [2.05, 4.69) is 10.6 Å². The Hall–Kier alpha value is -3.76. The fraction of sp³-hybridized carbons (Fsp3) is 0.484. The predicted octanol–water partition coefficient (Wildman–Crippen LogP) is 2.95.